The molecular formula is C9H15BrF3N. The van der Waals surface area contributed by atoms with Crippen LogP contribution in [0.1, 0.15) is 19.3 Å². The molecule has 0 saturated heterocycles. The summed E-state index contributed by atoms with van der Waals surface area (Å²) in [5.74, 6) is 0.497. The Balaban J connectivity index is 2.29. The molecule has 1 fully saturated rings. The van der Waals surface area contributed by atoms with Crippen molar-refractivity contribution in [2.24, 2.45) is 5.92 Å². The Morgan fingerprint density at radius 1 is 1.29 bits per heavy atom. The molecule has 0 aromatic carbocycles. The highest BCUT2D eigenvalue weighted by atomic mass is 79.9. The summed E-state index contributed by atoms with van der Waals surface area (Å²) in [4.78, 5) is 1.50. The molecule has 1 aliphatic rings. The predicted molar refractivity (Wildman–Crippen MR) is 53.6 cm³/mol. The molecule has 0 aliphatic heterocycles. The van der Waals surface area contributed by atoms with Gasteiger partial charge in [0.2, 0.25) is 0 Å². The molecule has 1 nitrogen and oxygen atoms in total. The average molecular weight is 274 g/mol. The first kappa shape index (κ1) is 12.3. The third-order valence-corrected chi connectivity index (χ3v) is 2.90. The molecule has 0 spiro atoms. The lowest BCUT2D eigenvalue weighted by molar-refractivity contribution is -0.147. The summed E-state index contributed by atoms with van der Waals surface area (Å²) in [6, 6.07) is 0. The third-order valence-electron chi connectivity index (χ3n) is 2.54. The first-order chi connectivity index (χ1) is 6.51. The number of hydrogen-bond acceptors (Lipinski definition) is 1. The van der Waals surface area contributed by atoms with Gasteiger partial charge in [0.05, 0.1) is 6.54 Å². The van der Waals surface area contributed by atoms with E-state index in [1.165, 1.54) is 11.3 Å². The molecule has 0 amide bonds. The Bertz CT molecular complexity index is 168. The second kappa shape index (κ2) is 5.35. The molecule has 84 valence electrons. The summed E-state index contributed by atoms with van der Waals surface area (Å²) in [6.45, 7) is 0.316. The van der Waals surface area contributed by atoms with Crippen LogP contribution in [-0.2, 0) is 0 Å². The highest BCUT2D eigenvalue weighted by molar-refractivity contribution is 9.09. The molecule has 0 bridgehead atoms. The van der Waals surface area contributed by atoms with E-state index in [1.54, 1.807) is 0 Å². The van der Waals surface area contributed by atoms with Gasteiger partial charge in [0, 0.05) is 18.4 Å². The van der Waals surface area contributed by atoms with Gasteiger partial charge >= 0.3 is 6.18 Å². The fourth-order valence-corrected chi connectivity index (χ4v) is 2.15. The van der Waals surface area contributed by atoms with Gasteiger partial charge < -0.3 is 0 Å². The summed E-state index contributed by atoms with van der Waals surface area (Å²) >= 11 is 3.18. The Hall–Kier alpha value is 0.230. The minimum Gasteiger partial charge on any atom is -0.294 e. The molecule has 1 rings (SSSR count). The second-order valence-electron chi connectivity index (χ2n) is 3.84. The van der Waals surface area contributed by atoms with Crippen LogP contribution < -0.4 is 0 Å². The van der Waals surface area contributed by atoms with Gasteiger partial charge in [0.15, 0.2) is 0 Å². The first-order valence-corrected chi connectivity index (χ1v) is 5.98. The molecule has 0 heterocycles. The van der Waals surface area contributed by atoms with Crippen LogP contribution in [0.15, 0.2) is 0 Å². The fourth-order valence-electron chi connectivity index (χ4n) is 1.65. The van der Waals surface area contributed by atoms with Crippen molar-refractivity contribution in [1.82, 2.24) is 4.90 Å². The van der Waals surface area contributed by atoms with Crippen LogP contribution in [0.5, 0.6) is 0 Å². The molecule has 1 aliphatic carbocycles. The molecule has 1 saturated carbocycles. The summed E-state index contributed by atoms with van der Waals surface area (Å²) in [5.41, 5.74) is 0. The molecular weight excluding hydrogens is 259 g/mol. The lowest BCUT2D eigenvalue weighted by Crippen LogP contribution is -2.40. The van der Waals surface area contributed by atoms with E-state index in [9.17, 15) is 13.2 Å². The highest BCUT2D eigenvalue weighted by Gasteiger charge is 2.32. The van der Waals surface area contributed by atoms with Gasteiger partial charge in [-0.1, -0.05) is 22.4 Å². The van der Waals surface area contributed by atoms with Gasteiger partial charge in [0.25, 0.3) is 0 Å². The molecule has 5 heteroatoms. The summed E-state index contributed by atoms with van der Waals surface area (Å²) < 4.78 is 36.4. The standard InChI is InChI=1S/C9H15BrF3N/c10-4-5-14(7-9(11,12)13)6-8-2-1-3-8/h8H,1-7H2. The van der Waals surface area contributed by atoms with Gasteiger partial charge in [-0.3, -0.25) is 4.90 Å². The Labute approximate surface area is 90.8 Å². The van der Waals surface area contributed by atoms with E-state index in [4.69, 9.17) is 0 Å². The number of rotatable bonds is 5. The molecule has 0 atom stereocenters. The Morgan fingerprint density at radius 3 is 2.29 bits per heavy atom. The normalized spacial score (nSPS) is 18.6. The average Bonchev–Trinajstić information content (AvgIpc) is 1.94. The second-order valence-corrected chi connectivity index (χ2v) is 4.63. The summed E-state index contributed by atoms with van der Waals surface area (Å²) in [6.07, 6.45) is -0.696. The van der Waals surface area contributed by atoms with Crippen molar-refractivity contribution in [3.05, 3.63) is 0 Å². The zero-order valence-corrected chi connectivity index (χ0v) is 9.57. The predicted octanol–water partition coefficient (Wildman–Crippen LogP) is 3.05. The lowest BCUT2D eigenvalue weighted by Gasteiger charge is -2.32. The van der Waals surface area contributed by atoms with Crippen molar-refractivity contribution < 1.29 is 13.2 Å². The van der Waals surface area contributed by atoms with E-state index in [0.717, 1.165) is 12.8 Å². The maximum Gasteiger partial charge on any atom is 0.401 e. The van der Waals surface area contributed by atoms with Crippen molar-refractivity contribution in [2.75, 3.05) is 25.0 Å². The van der Waals surface area contributed by atoms with Crippen molar-refractivity contribution in [3.8, 4) is 0 Å². The van der Waals surface area contributed by atoms with Crippen LogP contribution in [-0.4, -0.2) is 36.0 Å². The Kier molecular flexibility index (Phi) is 4.70. The first-order valence-electron chi connectivity index (χ1n) is 4.86. The maximum absolute atomic E-state index is 12.1. The van der Waals surface area contributed by atoms with Gasteiger partial charge in [-0.15, -0.1) is 0 Å². The molecule has 0 aromatic rings. The number of halogens is 4. The number of hydrogen-bond donors (Lipinski definition) is 0. The summed E-state index contributed by atoms with van der Waals surface area (Å²) in [5, 5.41) is 0.607. The number of alkyl halides is 4. The SMILES string of the molecule is FC(F)(F)CN(CCBr)CC1CCC1. The quantitative estimate of drug-likeness (QED) is 0.696. The topological polar surface area (TPSA) is 3.24 Å². The van der Waals surface area contributed by atoms with Crippen LogP contribution >= 0.6 is 15.9 Å². The van der Waals surface area contributed by atoms with E-state index in [2.05, 4.69) is 15.9 Å². The van der Waals surface area contributed by atoms with E-state index < -0.39 is 12.7 Å². The maximum atomic E-state index is 12.1. The van der Waals surface area contributed by atoms with Crippen molar-refractivity contribution in [2.45, 2.75) is 25.4 Å². The van der Waals surface area contributed by atoms with Gasteiger partial charge in [-0.25, -0.2) is 0 Å². The van der Waals surface area contributed by atoms with Crippen LogP contribution in [0.2, 0.25) is 0 Å². The van der Waals surface area contributed by atoms with Crippen molar-refractivity contribution in [3.63, 3.8) is 0 Å². The van der Waals surface area contributed by atoms with Crippen LogP contribution in [0, 0.1) is 5.92 Å². The van der Waals surface area contributed by atoms with E-state index in [-0.39, 0.29) is 0 Å². The zero-order chi connectivity index (χ0) is 10.6. The molecule has 0 unspecified atom stereocenters. The molecule has 14 heavy (non-hydrogen) atoms. The number of nitrogens with zero attached hydrogens (tertiary/aromatic N) is 1. The molecule has 0 radical (unpaired) electrons. The zero-order valence-electron chi connectivity index (χ0n) is 7.99. The van der Waals surface area contributed by atoms with Gasteiger partial charge in [-0.05, 0) is 18.8 Å². The van der Waals surface area contributed by atoms with Crippen molar-refractivity contribution >= 4 is 15.9 Å². The fraction of sp³-hybridized carbons (Fsp3) is 1.00. The summed E-state index contributed by atoms with van der Waals surface area (Å²) in [7, 11) is 0. The van der Waals surface area contributed by atoms with E-state index >= 15 is 0 Å². The largest absolute Gasteiger partial charge is 0.401 e. The van der Waals surface area contributed by atoms with Gasteiger partial charge in [0.1, 0.15) is 0 Å². The lowest BCUT2D eigenvalue weighted by atomic mass is 9.85. The Morgan fingerprint density at radius 2 is 1.93 bits per heavy atom. The minimum atomic E-state index is -4.06. The molecule has 0 N–H and O–H groups in total. The van der Waals surface area contributed by atoms with Crippen LogP contribution in [0.4, 0.5) is 13.2 Å². The minimum absolute atomic E-state index is 0.482. The highest BCUT2D eigenvalue weighted by Crippen LogP contribution is 2.28. The van der Waals surface area contributed by atoms with Crippen LogP contribution in [0.25, 0.3) is 0 Å². The smallest absolute Gasteiger partial charge is 0.294 e. The van der Waals surface area contributed by atoms with E-state index in [1.807, 2.05) is 0 Å². The van der Waals surface area contributed by atoms with Crippen molar-refractivity contribution in [1.29, 1.82) is 0 Å². The third kappa shape index (κ3) is 4.64. The van der Waals surface area contributed by atoms with Gasteiger partial charge in [-0.2, -0.15) is 13.2 Å². The van der Waals surface area contributed by atoms with Crippen LogP contribution in [0.3, 0.4) is 0 Å². The van der Waals surface area contributed by atoms with E-state index in [0.29, 0.717) is 24.3 Å². The molecule has 0 aromatic heterocycles. The monoisotopic (exact) mass is 273 g/mol.